The van der Waals surface area contributed by atoms with Crippen LogP contribution in [0.3, 0.4) is 0 Å². The van der Waals surface area contributed by atoms with Gasteiger partial charge in [0.2, 0.25) is 0 Å². The van der Waals surface area contributed by atoms with Gasteiger partial charge in [0.15, 0.2) is 5.78 Å². The molecule has 0 spiro atoms. The molecular weight excluding hydrogens is 420 g/mol. The van der Waals surface area contributed by atoms with Crippen LogP contribution in [0.4, 0.5) is 11.4 Å². The summed E-state index contributed by atoms with van der Waals surface area (Å²) in [5.41, 5.74) is 11.2. The minimum Gasteiger partial charge on any atom is -0.384 e. The second-order valence-corrected chi connectivity index (χ2v) is 8.44. The van der Waals surface area contributed by atoms with E-state index in [2.05, 4.69) is 36.9 Å². The molecule has 6 heteroatoms. The van der Waals surface area contributed by atoms with Gasteiger partial charge < -0.3 is 10.6 Å². The Labute approximate surface area is 194 Å². The molecule has 5 nitrogen and oxygen atoms in total. The zero-order valence-corrected chi connectivity index (χ0v) is 19.2. The average Bonchev–Trinajstić information content (AvgIpc) is 2.81. The molecule has 0 saturated heterocycles. The second kappa shape index (κ2) is 9.10. The first-order chi connectivity index (χ1) is 15.5. The zero-order valence-electron chi connectivity index (χ0n) is 18.4. The number of hydrogen-bond donors (Lipinski definition) is 1. The number of nitriles is 1. The van der Waals surface area contributed by atoms with Gasteiger partial charge in [0.25, 0.3) is 0 Å². The molecule has 1 heterocycles. The normalized spacial score (nSPS) is 18.5. The third-order valence-corrected chi connectivity index (χ3v) is 6.68. The molecule has 164 valence electrons. The van der Waals surface area contributed by atoms with E-state index < -0.39 is 5.92 Å². The van der Waals surface area contributed by atoms with Gasteiger partial charge in [0.1, 0.15) is 5.82 Å². The van der Waals surface area contributed by atoms with Gasteiger partial charge in [-0.2, -0.15) is 5.26 Å². The van der Waals surface area contributed by atoms with E-state index in [1.54, 1.807) is 6.07 Å². The van der Waals surface area contributed by atoms with Gasteiger partial charge in [-0.1, -0.05) is 35.9 Å². The van der Waals surface area contributed by atoms with Gasteiger partial charge in [-0.3, -0.25) is 9.69 Å². The highest BCUT2D eigenvalue weighted by atomic mass is 35.5. The summed E-state index contributed by atoms with van der Waals surface area (Å²) in [5, 5.41) is 10.7. The summed E-state index contributed by atoms with van der Waals surface area (Å²) in [4.78, 5) is 17.3. The highest BCUT2D eigenvalue weighted by Gasteiger charge is 2.40. The van der Waals surface area contributed by atoms with Crippen LogP contribution in [0.1, 0.15) is 44.6 Å². The van der Waals surface area contributed by atoms with E-state index in [0.717, 1.165) is 36.5 Å². The molecule has 0 saturated carbocycles. The van der Waals surface area contributed by atoms with Crippen molar-refractivity contribution in [2.24, 2.45) is 5.73 Å². The SMILES string of the molecule is CCN(CC)c1ccc([C@H]2C(C#N)=C(N)N(c3ccccc3Cl)C3=C2C(=O)CCC3)cc1. The van der Waals surface area contributed by atoms with E-state index in [9.17, 15) is 10.1 Å². The summed E-state index contributed by atoms with van der Waals surface area (Å²) in [6, 6.07) is 17.8. The van der Waals surface area contributed by atoms with Crippen LogP contribution in [0.2, 0.25) is 5.02 Å². The monoisotopic (exact) mass is 446 g/mol. The van der Waals surface area contributed by atoms with Crippen LogP contribution in [0.15, 0.2) is 71.2 Å². The molecule has 2 aliphatic rings. The fraction of sp³-hybridized carbons (Fsp3) is 0.308. The molecule has 1 atom stereocenters. The molecule has 0 amide bonds. The summed E-state index contributed by atoms with van der Waals surface area (Å²) in [7, 11) is 0. The van der Waals surface area contributed by atoms with Crippen LogP contribution in [0, 0.1) is 11.3 Å². The van der Waals surface area contributed by atoms with Gasteiger partial charge in [-0.25, -0.2) is 0 Å². The molecule has 1 aliphatic heterocycles. The van der Waals surface area contributed by atoms with E-state index in [-0.39, 0.29) is 5.78 Å². The lowest BCUT2D eigenvalue weighted by atomic mass is 9.75. The average molecular weight is 447 g/mol. The number of anilines is 2. The Morgan fingerprint density at radius 1 is 1.12 bits per heavy atom. The van der Waals surface area contributed by atoms with E-state index in [0.29, 0.717) is 40.5 Å². The maximum atomic E-state index is 13.2. The summed E-state index contributed by atoms with van der Waals surface area (Å²) in [5.74, 6) is -0.0551. The largest absolute Gasteiger partial charge is 0.384 e. The summed E-state index contributed by atoms with van der Waals surface area (Å²) < 4.78 is 0. The van der Waals surface area contributed by atoms with Gasteiger partial charge in [0.05, 0.1) is 28.3 Å². The molecule has 0 radical (unpaired) electrons. The number of allylic oxidation sites excluding steroid dienone is 3. The summed E-state index contributed by atoms with van der Waals surface area (Å²) in [6.07, 6.45) is 1.93. The first kappa shape index (κ1) is 22.0. The Bertz CT molecular complexity index is 1140. The minimum absolute atomic E-state index is 0.0707. The number of halogens is 1. The number of hydrogen-bond acceptors (Lipinski definition) is 5. The number of benzene rings is 2. The summed E-state index contributed by atoms with van der Waals surface area (Å²) in [6.45, 7) is 6.07. The van der Waals surface area contributed by atoms with Crippen molar-refractivity contribution in [1.82, 2.24) is 0 Å². The maximum Gasteiger partial charge on any atom is 0.161 e. The Hall–Kier alpha value is -3.23. The van der Waals surface area contributed by atoms with Gasteiger partial charge in [-0.05, 0) is 56.5 Å². The topological polar surface area (TPSA) is 73.4 Å². The molecular formula is C26H27ClN4O. The standard InChI is InChI=1S/C26H27ClN4O/c1-3-30(4-2)18-14-12-17(13-15-18)24-19(16-28)26(29)31(21-9-6-5-8-20(21)27)22-10-7-11-23(32)25(22)24/h5-6,8-9,12-15,24H,3-4,7,10-11,29H2,1-2H3/t24-/m0/s1. The highest BCUT2D eigenvalue weighted by Crippen LogP contribution is 2.47. The number of nitrogens with two attached hydrogens (primary N) is 1. The Kier molecular flexibility index (Phi) is 6.25. The molecule has 1 aliphatic carbocycles. The first-order valence-corrected chi connectivity index (χ1v) is 11.4. The van der Waals surface area contributed by atoms with Crippen molar-refractivity contribution < 1.29 is 4.79 Å². The van der Waals surface area contributed by atoms with Crippen LogP contribution in [0.25, 0.3) is 0 Å². The number of Topliss-reactive ketones (excluding diaryl/α,β-unsaturated/α-hetero) is 1. The van der Waals surface area contributed by atoms with Crippen LogP contribution < -0.4 is 15.5 Å². The lowest BCUT2D eigenvalue weighted by Crippen LogP contribution is -2.38. The van der Waals surface area contributed by atoms with Crippen molar-refractivity contribution in [3.63, 3.8) is 0 Å². The van der Waals surface area contributed by atoms with Crippen molar-refractivity contribution in [3.8, 4) is 6.07 Å². The van der Waals surface area contributed by atoms with Gasteiger partial charge in [-0.15, -0.1) is 0 Å². The maximum absolute atomic E-state index is 13.2. The molecule has 0 unspecified atom stereocenters. The number of ketones is 1. The van der Waals surface area contributed by atoms with E-state index >= 15 is 0 Å². The number of rotatable bonds is 5. The molecule has 32 heavy (non-hydrogen) atoms. The quantitative estimate of drug-likeness (QED) is 0.657. The molecule has 0 fully saturated rings. The third-order valence-electron chi connectivity index (χ3n) is 6.36. The third kappa shape index (κ3) is 3.65. The number of nitrogens with zero attached hydrogens (tertiary/aromatic N) is 3. The van der Waals surface area contributed by atoms with Crippen LogP contribution in [0.5, 0.6) is 0 Å². The second-order valence-electron chi connectivity index (χ2n) is 8.03. The fourth-order valence-electron chi connectivity index (χ4n) is 4.79. The van der Waals surface area contributed by atoms with Crippen LogP contribution in [-0.4, -0.2) is 18.9 Å². The Morgan fingerprint density at radius 2 is 1.81 bits per heavy atom. The van der Waals surface area contributed by atoms with E-state index in [1.165, 1.54) is 0 Å². The van der Waals surface area contributed by atoms with Crippen molar-refractivity contribution in [3.05, 3.63) is 81.8 Å². The fourth-order valence-corrected chi connectivity index (χ4v) is 5.01. The van der Waals surface area contributed by atoms with Crippen molar-refractivity contribution in [2.75, 3.05) is 22.9 Å². The Balaban J connectivity index is 1.88. The van der Waals surface area contributed by atoms with E-state index in [1.807, 2.05) is 35.2 Å². The molecule has 2 aromatic rings. The van der Waals surface area contributed by atoms with Crippen LogP contribution in [-0.2, 0) is 4.79 Å². The number of carbonyl (C=O) groups is 1. The van der Waals surface area contributed by atoms with Crippen molar-refractivity contribution in [1.29, 1.82) is 5.26 Å². The number of carbonyl (C=O) groups excluding carboxylic acids is 1. The number of para-hydroxylation sites is 1. The smallest absolute Gasteiger partial charge is 0.161 e. The summed E-state index contributed by atoms with van der Waals surface area (Å²) >= 11 is 6.49. The first-order valence-electron chi connectivity index (χ1n) is 11.1. The van der Waals surface area contributed by atoms with Crippen molar-refractivity contribution >= 4 is 28.8 Å². The predicted molar refractivity (Wildman–Crippen MR) is 129 cm³/mol. The van der Waals surface area contributed by atoms with Gasteiger partial charge >= 0.3 is 0 Å². The molecule has 2 N–H and O–H groups in total. The molecule has 4 rings (SSSR count). The van der Waals surface area contributed by atoms with Crippen LogP contribution >= 0.6 is 11.6 Å². The zero-order chi connectivity index (χ0) is 22.8. The molecule has 2 aromatic carbocycles. The minimum atomic E-state index is -0.465. The highest BCUT2D eigenvalue weighted by molar-refractivity contribution is 6.33. The lowest BCUT2D eigenvalue weighted by Gasteiger charge is -2.40. The molecule has 0 bridgehead atoms. The predicted octanol–water partition coefficient (Wildman–Crippen LogP) is 5.49. The molecule has 0 aromatic heterocycles. The lowest BCUT2D eigenvalue weighted by molar-refractivity contribution is -0.116. The van der Waals surface area contributed by atoms with Gasteiger partial charge in [0, 0.05) is 36.5 Å². The Morgan fingerprint density at radius 3 is 2.44 bits per heavy atom. The van der Waals surface area contributed by atoms with Crippen molar-refractivity contribution in [2.45, 2.75) is 39.0 Å². The van der Waals surface area contributed by atoms with E-state index in [4.69, 9.17) is 17.3 Å².